The van der Waals surface area contributed by atoms with Crippen LogP contribution in [0.2, 0.25) is 5.02 Å². The lowest BCUT2D eigenvalue weighted by atomic mass is 10.2. The second kappa shape index (κ2) is 6.91. The number of hydrogen-bond donors (Lipinski definition) is 2. The quantitative estimate of drug-likeness (QED) is 0.843. The molecule has 6 heteroatoms. The number of carbonyl (C=O) groups is 2. The van der Waals surface area contributed by atoms with Gasteiger partial charge in [0.2, 0.25) is 11.8 Å². The first kappa shape index (κ1) is 15.8. The third-order valence-corrected chi connectivity index (χ3v) is 3.70. The average molecular weight is 310 g/mol. The number of likely N-dealkylation sites (N-methyl/N-ethyl adjacent to an activating group) is 1. The molecule has 0 unspecified atom stereocenters. The molecule has 0 aliphatic heterocycles. The van der Waals surface area contributed by atoms with E-state index in [-0.39, 0.29) is 18.4 Å². The highest BCUT2D eigenvalue weighted by atomic mass is 35.5. The van der Waals surface area contributed by atoms with Crippen molar-refractivity contribution in [3.63, 3.8) is 0 Å². The molecule has 0 heterocycles. The van der Waals surface area contributed by atoms with Crippen LogP contribution in [0.1, 0.15) is 19.8 Å². The fourth-order valence-corrected chi connectivity index (χ4v) is 2.07. The minimum absolute atomic E-state index is 0.0394. The van der Waals surface area contributed by atoms with Gasteiger partial charge < -0.3 is 10.6 Å². The molecular weight excluding hydrogens is 290 g/mol. The second-order valence-electron chi connectivity index (χ2n) is 5.43. The molecule has 114 valence electrons. The van der Waals surface area contributed by atoms with Gasteiger partial charge in [0.25, 0.3) is 0 Å². The van der Waals surface area contributed by atoms with Crippen molar-refractivity contribution in [2.45, 2.75) is 31.8 Å². The van der Waals surface area contributed by atoms with Crippen molar-refractivity contribution < 1.29 is 9.59 Å². The molecule has 2 rings (SSSR count). The standard InChI is InChI=1S/C15H20ClN3O2/c1-10(19(2)9-14(20)17-12-6-7-12)15(21)18-13-5-3-4-11(16)8-13/h3-5,8,10,12H,6-7,9H2,1-2H3,(H,17,20)(H,18,21)/t10-/m1/s1. The molecule has 1 aliphatic carbocycles. The summed E-state index contributed by atoms with van der Waals surface area (Å²) in [7, 11) is 1.76. The maximum absolute atomic E-state index is 12.2. The third kappa shape index (κ3) is 5.02. The number of amides is 2. The second-order valence-corrected chi connectivity index (χ2v) is 5.87. The molecule has 0 saturated heterocycles. The van der Waals surface area contributed by atoms with Gasteiger partial charge in [0.15, 0.2) is 0 Å². The number of carbonyl (C=O) groups excluding carboxylic acids is 2. The van der Waals surface area contributed by atoms with Crippen molar-refractivity contribution >= 4 is 29.1 Å². The van der Waals surface area contributed by atoms with Crippen molar-refractivity contribution in [3.8, 4) is 0 Å². The predicted octanol–water partition coefficient (Wildman–Crippen LogP) is 1.88. The topological polar surface area (TPSA) is 61.4 Å². The lowest BCUT2D eigenvalue weighted by Gasteiger charge is -2.23. The van der Waals surface area contributed by atoms with Crippen molar-refractivity contribution in [1.82, 2.24) is 10.2 Å². The molecule has 21 heavy (non-hydrogen) atoms. The zero-order chi connectivity index (χ0) is 15.4. The van der Waals surface area contributed by atoms with Crippen LogP contribution in [0.25, 0.3) is 0 Å². The van der Waals surface area contributed by atoms with E-state index < -0.39 is 6.04 Å². The van der Waals surface area contributed by atoms with Crippen LogP contribution in [-0.2, 0) is 9.59 Å². The van der Waals surface area contributed by atoms with Gasteiger partial charge in [-0.05, 0) is 45.0 Å². The SMILES string of the molecule is C[C@H](C(=O)Nc1cccc(Cl)c1)N(C)CC(=O)NC1CC1. The molecule has 5 nitrogen and oxygen atoms in total. The number of anilines is 1. The van der Waals surface area contributed by atoms with Crippen molar-refractivity contribution in [1.29, 1.82) is 0 Å². The zero-order valence-electron chi connectivity index (χ0n) is 12.2. The van der Waals surface area contributed by atoms with Crippen LogP contribution in [0.4, 0.5) is 5.69 Å². The Balaban J connectivity index is 1.84. The van der Waals surface area contributed by atoms with E-state index in [2.05, 4.69) is 10.6 Å². The number of nitrogens with one attached hydrogen (secondary N) is 2. The van der Waals surface area contributed by atoms with E-state index in [4.69, 9.17) is 11.6 Å². The minimum atomic E-state index is -0.408. The average Bonchev–Trinajstić information content (AvgIpc) is 3.21. The fraction of sp³-hybridized carbons (Fsp3) is 0.467. The summed E-state index contributed by atoms with van der Waals surface area (Å²) in [5.74, 6) is -0.207. The highest BCUT2D eigenvalue weighted by molar-refractivity contribution is 6.30. The van der Waals surface area contributed by atoms with Gasteiger partial charge in [0.1, 0.15) is 0 Å². The summed E-state index contributed by atoms with van der Waals surface area (Å²) in [4.78, 5) is 25.6. The summed E-state index contributed by atoms with van der Waals surface area (Å²) in [6.45, 7) is 1.98. The zero-order valence-corrected chi connectivity index (χ0v) is 13.0. The number of nitrogens with zero attached hydrogens (tertiary/aromatic N) is 1. The highest BCUT2D eigenvalue weighted by Gasteiger charge is 2.25. The predicted molar refractivity (Wildman–Crippen MR) is 83.3 cm³/mol. The lowest BCUT2D eigenvalue weighted by Crippen LogP contribution is -2.45. The first-order valence-corrected chi connectivity index (χ1v) is 7.39. The first-order chi connectivity index (χ1) is 9.95. The molecule has 1 atom stereocenters. The Morgan fingerprint density at radius 2 is 2.14 bits per heavy atom. The van der Waals surface area contributed by atoms with Gasteiger partial charge in [-0.3, -0.25) is 14.5 Å². The molecule has 1 aromatic rings. The van der Waals surface area contributed by atoms with Crippen LogP contribution in [0.15, 0.2) is 24.3 Å². The van der Waals surface area contributed by atoms with E-state index in [1.54, 1.807) is 43.1 Å². The van der Waals surface area contributed by atoms with Gasteiger partial charge in [-0.25, -0.2) is 0 Å². The van der Waals surface area contributed by atoms with Crippen molar-refractivity contribution in [3.05, 3.63) is 29.3 Å². The van der Waals surface area contributed by atoms with Gasteiger partial charge in [-0.15, -0.1) is 0 Å². The van der Waals surface area contributed by atoms with Gasteiger partial charge in [0.05, 0.1) is 12.6 Å². The summed E-state index contributed by atoms with van der Waals surface area (Å²) in [5, 5.41) is 6.27. The molecular formula is C15H20ClN3O2. The molecule has 1 saturated carbocycles. The summed E-state index contributed by atoms with van der Waals surface area (Å²) in [6.07, 6.45) is 2.11. The van der Waals surface area contributed by atoms with E-state index in [0.717, 1.165) is 12.8 Å². The van der Waals surface area contributed by atoms with Gasteiger partial charge >= 0.3 is 0 Å². The Kier molecular flexibility index (Phi) is 5.20. The molecule has 0 radical (unpaired) electrons. The monoisotopic (exact) mass is 309 g/mol. The van der Waals surface area contributed by atoms with Gasteiger partial charge in [-0.1, -0.05) is 17.7 Å². The maximum atomic E-state index is 12.2. The molecule has 1 fully saturated rings. The molecule has 0 bridgehead atoms. The Morgan fingerprint density at radius 1 is 1.43 bits per heavy atom. The van der Waals surface area contributed by atoms with Crippen LogP contribution < -0.4 is 10.6 Å². The molecule has 1 aliphatic rings. The summed E-state index contributed by atoms with van der Waals surface area (Å²) in [5.41, 5.74) is 0.648. The van der Waals surface area contributed by atoms with Crippen molar-refractivity contribution in [2.24, 2.45) is 0 Å². The van der Waals surface area contributed by atoms with E-state index in [1.165, 1.54) is 0 Å². The highest BCUT2D eigenvalue weighted by Crippen LogP contribution is 2.18. The normalized spacial score (nSPS) is 15.6. The maximum Gasteiger partial charge on any atom is 0.241 e. The van der Waals surface area contributed by atoms with E-state index in [0.29, 0.717) is 16.8 Å². The van der Waals surface area contributed by atoms with Crippen LogP contribution in [-0.4, -0.2) is 42.4 Å². The summed E-state index contributed by atoms with van der Waals surface area (Å²) < 4.78 is 0. The Hall–Kier alpha value is -1.59. The lowest BCUT2D eigenvalue weighted by molar-refractivity contribution is -0.124. The summed E-state index contributed by atoms with van der Waals surface area (Å²) >= 11 is 5.88. The van der Waals surface area contributed by atoms with Gasteiger partial charge in [-0.2, -0.15) is 0 Å². The molecule has 2 N–H and O–H groups in total. The number of rotatable bonds is 6. The Labute approximate surface area is 129 Å². The van der Waals surface area contributed by atoms with E-state index in [1.807, 2.05) is 0 Å². The van der Waals surface area contributed by atoms with Crippen molar-refractivity contribution in [2.75, 3.05) is 18.9 Å². The molecule has 2 amide bonds. The number of halogens is 1. The van der Waals surface area contributed by atoms with Gasteiger partial charge in [0, 0.05) is 16.8 Å². The van der Waals surface area contributed by atoms with Crippen LogP contribution in [0, 0.1) is 0 Å². The smallest absolute Gasteiger partial charge is 0.241 e. The van der Waals surface area contributed by atoms with E-state index >= 15 is 0 Å². The molecule has 0 spiro atoms. The van der Waals surface area contributed by atoms with E-state index in [9.17, 15) is 9.59 Å². The Morgan fingerprint density at radius 3 is 2.76 bits per heavy atom. The molecule has 0 aromatic heterocycles. The largest absolute Gasteiger partial charge is 0.352 e. The summed E-state index contributed by atoms with van der Waals surface area (Å²) in [6, 6.07) is 6.91. The van der Waals surface area contributed by atoms with Crippen LogP contribution in [0.3, 0.4) is 0 Å². The molecule has 1 aromatic carbocycles. The first-order valence-electron chi connectivity index (χ1n) is 7.01. The van der Waals surface area contributed by atoms with Crippen LogP contribution >= 0.6 is 11.6 Å². The fourth-order valence-electron chi connectivity index (χ4n) is 1.88. The number of benzene rings is 1. The number of hydrogen-bond acceptors (Lipinski definition) is 3. The Bertz CT molecular complexity index is 531. The third-order valence-electron chi connectivity index (χ3n) is 3.47. The minimum Gasteiger partial charge on any atom is -0.352 e. The van der Waals surface area contributed by atoms with Crippen LogP contribution in [0.5, 0.6) is 0 Å².